The van der Waals surface area contributed by atoms with E-state index in [0.717, 1.165) is 32.1 Å². The zero-order chi connectivity index (χ0) is 20.2. The summed E-state index contributed by atoms with van der Waals surface area (Å²) in [6, 6.07) is 1.93. The number of carbonyl (C=O) groups is 1. The number of aryl methyl sites for hydroxylation is 1. The van der Waals surface area contributed by atoms with E-state index in [-0.39, 0.29) is 29.3 Å². The maximum Gasteiger partial charge on any atom is 0.244 e. The molecule has 3 fully saturated rings. The van der Waals surface area contributed by atoms with E-state index in [0.29, 0.717) is 40.4 Å². The molecular formula is C19H24N4O4S2. The topological polar surface area (TPSA) is 105 Å². The molecule has 2 aliphatic carbocycles. The van der Waals surface area contributed by atoms with Gasteiger partial charge in [0.2, 0.25) is 27.6 Å². The summed E-state index contributed by atoms with van der Waals surface area (Å²) >= 11 is 1.36. The molecular weight excluding hydrogens is 412 g/mol. The summed E-state index contributed by atoms with van der Waals surface area (Å²) in [6.07, 6.45) is 5.59. The van der Waals surface area contributed by atoms with Crippen molar-refractivity contribution < 1.29 is 17.7 Å². The Balaban J connectivity index is 1.35. The molecule has 2 aromatic rings. The minimum absolute atomic E-state index is 0.0190. The summed E-state index contributed by atoms with van der Waals surface area (Å²) in [5.41, 5.74) is 0. The van der Waals surface area contributed by atoms with Crippen LogP contribution in [0.3, 0.4) is 0 Å². The van der Waals surface area contributed by atoms with Crippen LogP contribution in [0.2, 0.25) is 0 Å². The lowest BCUT2D eigenvalue weighted by atomic mass is 9.99. The lowest BCUT2D eigenvalue weighted by Gasteiger charge is -2.31. The Kier molecular flexibility index (Phi) is 4.75. The highest BCUT2D eigenvalue weighted by molar-refractivity contribution is 7.89. The van der Waals surface area contributed by atoms with Gasteiger partial charge in [-0.05, 0) is 51.5 Å². The highest BCUT2D eigenvalue weighted by Gasteiger charge is 2.37. The summed E-state index contributed by atoms with van der Waals surface area (Å²) in [6.45, 7) is 2.47. The SMILES string of the molecule is Cc1sc(-c2noc(C3CC3)n2)cc1S(=O)(=O)N1CCCC(C(=O)NC2CC2)C1. The molecule has 5 rings (SSSR count). The monoisotopic (exact) mass is 436 g/mol. The quantitative estimate of drug-likeness (QED) is 0.746. The molecule has 2 aromatic heterocycles. The highest BCUT2D eigenvalue weighted by atomic mass is 32.2. The molecule has 156 valence electrons. The van der Waals surface area contributed by atoms with Gasteiger partial charge in [-0.15, -0.1) is 11.3 Å². The number of rotatable bonds is 6. The third-order valence-corrected chi connectivity index (χ3v) is 8.92. The lowest BCUT2D eigenvalue weighted by molar-refractivity contribution is -0.126. The van der Waals surface area contributed by atoms with Crippen LogP contribution in [0.25, 0.3) is 10.7 Å². The summed E-state index contributed by atoms with van der Waals surface area (Å²) in [7, 11) is -3.68. The van der Waals surface area contributed by atoms with Crippen LogP contribution in [-0.2, 0) is 14.8 Å². The van der Waals surface area contributed by atoms with Gasteiger partial charge in [0.15, 0.2) is 0 Å². The minimum atomic E-state index is -3.68. The van der Waals surface area contributed by atoms with Crippen LogP contribution in [0, 0.1) is 12.8 Å². The number of nitrogens with one attached hydrogen (secondary N) is 1. The van der Waals surface area contributed by atoms with Crippen molar-refractivity contribution in [1.29, 1.82) is 0 Å². The second-order valence-electron chi connectivity index (χ2n) is 8.25. The van der Waals surface area contributed by atoms with E-state index in [4.69, 9.17) is 4.52 Å². The number of nitrogens with zero attached hydrogens (tertiary/aromatic N) is 3. The molecule has 1 unspecified atom stereocenters. The average Bonchev–Trinajstić information content (AvgIpc) is 3.63. The molecule has 0 radical (unpaired) electrons. The van der Waals surface area contributed by atoms with E-state index in [9.17, 15) is 13.2 Å². The number of amides is 1. The molecule has 1 amide bonds. The zero-order valence-corrected chi connectivity index (χ0v) is 17.9. The Morgan fingerprint density at radius 1 is 1.28 bits per heavy atom. The Bertz CT molecular complexity index is 1040. The van der Waals surface area contributed by atoms with Crippen LogP contribution in [0.5, 0.6) is 0 Å². The molecule has 3 heterocycles. The second-order valence-corrected chi connectivity index (χ2v) is 11.4. The molecule has 1 aliphatic heterocycles. The third kappa shape index (κ3) is 3.85. The molecule has 0 spiro atoms. The first-order valence-corrected chi connectivity index (χ1v) is 12.4. The van der Waals surface area contributed by atoms with Gasteiger partial charge in [-0.3, -0.25) is 4.79 Å². The van der Waals surface area contributed by atoms with E-state index in [1.807, 2.05) is 0 Å². The number of carbonyl (C=O) groups excluding carboxylic acids is 1. The number of aromatic nitrogens is 2. The van der Waals surface area contributed by atoms with Crippen molar-refractivity contribution in [3.63, 3.8) is 0 Å². The Morgan fingerprint density at radius 2 is 2.07 bits per heavy atom. The van der Waals surface area contributed by atoms with Crippen molar-refractivity contribution in [3.05, 3.63) is 16.8 Å². The van der Waals surface area contributed by atoms with Crippen molar-refractivity contribution >= 4 is 27.3 Å². The van der Waals surface area contributed by atoms with Crippen LogP contribution in [-0.4, -0.2) is 47.9 Å². The molecule has 1 N–H and O–H groups in total. The molecule has 0 aromatic carbocycles. The van der Waals surface area contributed by atoms with Gasteiger partial charge in [-0.25, -0.2) is 8.42 Å². The van der Waals surface area contributed by atoms with Crippen LogP contribution in [0.4, 0.5) is 0 Å². The number of sulfonamides is 1. The van der Waals surface area contributed by atoms with Gasteiger partial charge >= 0.3 is 0 Å². The molecule has 1 atom stereocenters. The second kappa shape index (κ2) is 7.17. The van der Waals surface area contributed by atoms with E-state index in [2.05, 4.69) is 15.5 Å². The fourth-order valence-electron chi connectivity index (χ4n) is 3.72. The molecule has 29 heavy (non-hydrogen) atoms. The molecule has 0 bridgehead atoms. The predicted molar refractivity (Wildman–Crippen MR) is 107 cm³/mol. The largest absolute Gasteiger partial charge is 0.353 e. The van der Waals surface area contributed by atoms with Gasteiger partial charge < -0.3 is 9.84 Å². The Labute approximate surface area is 173 Å². The van der Waals surface area contributed by atoms with Crippen molar-refractivity contribution in [2.75, 3.05) is 13.1 Å². The number of piperidine rings is 1. The summed E-state index contributed by atoms with van der Waals surface area (Å²) in [4.78, 5) is 18.5. The van der Waals surface area contributed by atoms with Crippen LogP contribution >= 0.6 is 11.3 Å². The molecule has 10 heteroatoms. The molecule has 8 nitrogen and oxygen atoms in total. The van der Waals surface area contributed by atoms with Crippen LogP contribution in [0.15, 0.2) is 15.5 Å². The normalized spacial score (nSPS) is 23.3. The number of hydrogen-bond acceptors (Lipinski definition) is 7. The van der Waals surface area contributed by atoms with Crippen molar-refractivity contribution in [2.24, 2.45) is 5.92 Å². The minimum Gasteiger partial charge on any atom is -0.353 e. The number of hydrogen-bond donors (Lipinski definition) is 1. The smallest absolute Gasteiger partial charge is 0.244 e. The van der Waals surface area contributed by atoms with Gasteiger partial charge in [-0.1, -0.05) is 5.16 Å². The first-order chi connectivity index (χ1) is 13.9. The Morgan fingerprint density at radius 3 is 2.79 bits per heavy atom. The first kappa shape index (κ1) is 19.2. The third-order valence-electron chi connectivity index (χ3n) is 5.76. The fraction of sp³-hybridized carbons (Fsp3) is 0.632. The van der Waals surface area contributed by atoms with Gasteiger partial charge in [0.1, 0.15) is 0 Å². The fourth-order valence-corrected chi connectivity index (χ4v) is 6.73. The average molecular weight is 437 g/mol. The van der Waals surface area contributed by atoms with Gasteiger partial charge in [0, 0.05) is 29.9 Å². The summed E-state index contributed by atoms with van der Waals surface area (Å²) in [5.74, 6) is 1.13. The standard InChI is InChI=1S/C19H24N4O4S2/c1-11-16(9-15(28-11)17-21-19(27-22-17)12-4-5-12)29(25,26)23-8-2-3-13(10-23)18(24)20-14-6-7-14/h9,12-14H,2-8,10H2,1H3,(H,20,24). The van der Waals surface area contributed by atoms with Gasteiger partial charge in [0.25, 0.3) is 0 Å². The predicted octanol–water partition coefficient (Wildman–Crippen LogP) is 2.66. The Hall–Kier alpha value is -1.78. The highest BCUT2D eigenvalue weighted by Crippen LogP contribution is 2.41. The molecule has 1 saturated heterocycles. The van der Waals surface area contributed by atoms with Gasteiger partial charge in [-0.2, -0.15) is 9.29 Å². The first-order valence-electron chi connectivity index (χ1n) is 10.2. The lowest BCUT2D eigenvalue weighted by Crippen LogP contribution is -2.45. The summed E-state index contributed by atoms with van der Waals surface area (Å²) in [5, 5.41) is 7.03. The van der Waals surface area contributed by atoms with Gasteiger partial charge in [0.05, 0.1) is 15.7 Å². The van der Waals surface area contributed by atoms with Crippen LogP contribution < -0.4 is 5.32 Å². The molecule has 3 aliphatic rings. The van der Waals surface area contributed by atoms with Crippen molar-refractivity contribution in [3.8, 4) is 10.7 Å². The molecule has 2 saturated carbocycles. The zero-order valence-electron chi connectivity index (χ0n) is 16.3. The van der Waals surface area contributed by atoms with E-state index < -0.39 is 10.0 Å². The summed E-state index contributed by atoms with van der Waals surface area (Å²) < 4.78 is 33.4. The van der Waals surface area contributed by atoms with E-state index >= 15 is 0 Å². The van der Waals surface area contributed by atoms with Crippen molar-refractivity contribution in [2.45, 2.75) is 62.3 Å². The number of thiophene rings is 1. The van der Waals surface area contributed by atoms with E-state index in [1.165, 1.54) is 15.6 Å². The maximum atomic E-state index is 13.3. The van der Waals surface area contributed by atoms with Crippen LogP contribution in [0.1, 0.15) is 55.2 Å². The van der Waals surface area contributed by atoms with E-state index in [1.54, 1.807) is 13.0 Å². The maximum absolute atomic E-state index is 13.3. The van der Waals surface area contributed by atoms with Crippen molar-refractivity contribution in [1.82, 2.24) is 19.8 Å².